The summed E-state index contributed by atoms with van der Waals surface area (Å²) in [6.07, 6.45) is -0.926. The van der Waals surface area contributed by atoms with E-state index in [9.17, 15) is 17.6 Å². The monoisotopic (exact) mass is 445 g/mol. The summed E-state index contributed by atoms with van der Waals surface area (Å²) in [6, 6.07) is 14.5. The molecular weight excluding hydrogens is 421 g/mol. The minimum absolute atomic E-state index is 0.261. The fourth-order valence-corrected chi connectivity index (χ4v) is 4.85. The molecular formula is C22H24FN3O4S. The predicted molar refractivity (Wildman–Crippen MR) is 117 cm³/mol. The molecule has 0 saturated carbocycles. The number of hydrogen-bond acceptors (Lipinski definition) is 4. The number of sulfonamides is 1. The summed E-state index contributed by atoms with van der Waals surface area (Å²) in [7, 11) is -3.72. The lowest BCUT2D eigenvalue weighted by Crippen LogP contribution is -2.51. The van der Waals surface area contributed by atoms with Crippen LogP contribution in [0.5, 0.6) is 0 Å². The molecule has 1 aliphatic rings. The number of piperazine rings is 1. The highest BCUT2D eigenvalue weighted by atomic mass is 32.2. The van der Waals surface area contributed by atoms with Gasteiger partial charge >= 0.3 is 6.09 Å². The van der Waals surface area contributed by atoms with Crippen LogP contribution in [0.3, 0.4) is 0 Å². The molecule has 1 amide bonds. The molecule has 7 nitrogen and oxygen atoms in total. The fraction of sp³-hybridized carbons (Fsp3) is 0.318. The molecule has 31 heavy (non-hydrogen) atoms. The van der Waals surface area contributed by atoms with Gasteiger partial charge in [-0.05, 0) is 29.8 Å². The Labute approximate surface area is 181 Å². The number of nitrogens with zero attached hydrogens (tertiary/aromatic N) is 2. The van der Waals surface area contributed by atoms with Crippen molar-refractivity contribution < 1.29 is 22.7 Å². The fourth-order valence-electron chi connectivity index (χ4n) is 3.33. The lowest BCUT2D eigenvalue weighted by molar-refractivity contribution is 0.193. The van der Waals surface area contributed by atoms with Gasteiger partial charge in [-0.25, -0.2) is 17.6 Å². The summed E-state index contributed by atoms with van der Waals surface area (Å²) in [6.45, 7) is 1.44. The molecule has 9 heteroatoms. The highest BCUT2D eigenvalue weighted by Gasteiger charge is 2.29. The van der Waals surface area contributed by atoms with Crippen molar-refractivity contribution in [3.05, 3.63) is 66.0 Å². The first kappa shape index (κ1) is 22.6. The van der Waals surface area contributed by atoms with Crippen LogP contribution in [0, 0.1) is 17.7 Å². The van der Waals surface area contributed by atoms with Crippen LogP contribution >= 0.6 is 0 Å². The molecule has 0 spiro atoms. The molecule has 0 radical (unpaired) electrons. The zero-order valence-electron chi connectivity index (χ0n) is 16.9. The van der Waals surface area contributed by atoms with Gasteiger partial charge in [0.25, 0.3) is 0 Å². The number of benzene rings is 2. The maximum Gasteiger partial charge on any atom is 0.405 e. The van der Waals surface area contributed by atoms with Gasteiger partial charge in [0.05, 0.1) is 5.75 Å². The Morgan fingerprint density at radius 3 is 2.32 bits per heavy atom. The zero-order chi connectivity index (χ0) is 22.3. The minimum Gasteiger partial charge on any atom is -0.465 e. The third-order valence-electron chi connectivity index (χ3n) is 4.91. The number of rotatable bonds is 6. The molecule has 1 saturated heterocycles. The van der Waals surface area contributed by atoms with E-state index in [1.54, 1.807) is 12.1 Å². The van der Waals surface area contributed by atoms with Crippen molar-refractivity contribution in [2.75, 3.05) is 36.8 Å². The maximum absolute atomic E-state index is 13.1. The van der Waals surface area contributed by atoms with E-state index in [1.165, 1.54) is 16.4 Å². The van der Waals surface area contributed by atoms with E-state index in [2.05, 4.69) is 17.2 Å². The van der Waals surface area contributed by atoms with Crippen LogP contribution in [0.4, 0.5) is 14.9 Å². The molecule has 0 aliphatic carbocycles. The third kappa shape index (κ3) is 6.70. The van der Waals surface area contributed by atoms with Crippen LogP contribution in [-0.2, 0) is 16.4 Å². The summed E-state index contributed by atoms with van der Waals surface area (Å²) in [5.41, 5.74) is 1.79. The highest BCUT2D eigenvalue weighted by Crippen LogP contribution is 2.18. The van der Waals surface area contributed by atoms with E-state index in [4.69, 9.17) is 5.11 Å². The average Bonchev–Trinajstić information content (AvgIpc) is 2.74. The summed E-state index contributed by atoms with van der Waals surface area (Å²) in [5.74, 6) is 4.85. The lowest BCUT2D eigenvalue weighted by atomic mass is 10.1. The van der Waals surface area contributed by atoms with Crippen molar-refractivity contribution in [3.63, 3.8) is 0 Å². The van der Waals surface area contributed by atoms with Gasteiger partial charge in [0, 0.05) is 38.3 Å². The number of hydrogen-bond donors (Lipinski definition) is 2. The number of halogens is 1. The molecule has 164 valence electrons. The summed E-state index contributed by atoms with van der Waals surface area (Å²) >= 11 is 0. The van der Waals surface area contributed by atoms with Gasteiger partial charge < -0.3 is 15.3 Å². The number of anilines is 1. The van der Waals surface area contributed by atoms with E-state index < -0.39 is 27.9 Å². The molecule has 1 unspecified atom stereocenters. The largest absolute Gasteiger partial charge is 0.465 e. The Hall–Kier alpha value is -3.09. The minimum atomic E-state index is -3.72. The van der Waals surface area contributed by atoms with Gasteiger partial charge in [0.1, 0.15) is 11.9 Å². The van der Waals surface area contributed by atoms with Crippen LogP contribution in [0.15, 0.2) is 54.6 Å². The molecule has 2 aromatic carbocycles. The smallest absolute Gasteiger partial charge is 0.405 e. The molecule has 0 aromatic heterocycles. The first-order valence-electron chi connectivity index (χ1n) is 9.83. The van der Waals surface area contributed by atoms with Gasteiger partial charge in [0.2, 0.25) is 10.0 Å². The quantitative estimate of drug-likeness (QED) is 0.665. The topological polar surface area (TPSA) is 89.9 Å². The Morgan fingerprint density at radius 1 is 1.06 bits per heavy atom. The third-order valence-corrected chi connectivity index (χ3v) is 6.82. The van der Waals surface area contributed by atoms with E-state index >= 15 is 0 Å². The van der Waals surface area contributed by atoms with Gasteiger partial charge in [-0.2, -0.15) is 4.31 Å². The van der Waals surface area contributed by atoms with Crippen molar-refractivity contribution in [2.24, 2.45) is 0 Å². The molecule has 1 atom stereocenters. The SMILES string of the molecule is O=C(O)NC(C#CCc1ccccc1)CS(=O)(=O)N1CCN(c2ccc(F)cc2)CC1. The Kier molecular flexibility index (Phi) is 7.50. The second kappa shape index (κ2) is 10.3. The van der Waals surface area contributed by atoms with Crippen molar-refractivity contribution in [3.8, 4) is 11.8 Å². The summed E-state index contributed by atoms with van der Waals surface area (Å²) in [5, 5.41) is 11.3. The van der Waals surface area contributed by atoms with E-state index in [1.807, 2.05) is 35.2 Å². The first-order chi connectivity index (χ1) is 14.8. The molecule has 3 rings (SSSR count). The molecule has 1 aliphatic heterocycles. The molecule has 1 heterocycles. The van der Waals surface area contributed by atoms with E-state index in [0.29, 0.717) is 19.5 Å². The van der Waals surface area contributed by atoms with Crippen LogP contribution in [0.1, 0.15) is 5.56 Å². The predicted octanol–water partition coefficient (Wildman–Crippen LogP) is 2.16. The molecule has 2 aromatic rings. The van der Waals surface area contributed by atoms with Crippen LogP contribution in [-0.4, -0.2) is 61.9 Å². The van der Waals surface area contributed by atoms with Crippen molar-refractivity contribution in [2.45, 2.75) is 12.5 Å². The van der Waals surface area contributed by atoms with Crippen LogP contribution < -0.4 is 10.2 Å². The lowest BCUT2D eigenvalue weighted by Gasteiger charge is -2.35. The summed E-state index contributed by atoms with van der Waals surface area (Å²) in [4.78, 5) is 13.1. The second-order valence-electron chi connectivity index (χ2n) is 7.13. The summed E-state index contributed by atoms with van der Waals surface area (Å²) < 4.78 is 40.2. The average molecular weight is 446 g/mol. The molecule has 2 N–H and O–H groups in total. The van der Waals surface area contributed by atoms with Gasteiger partial charge in [-0.15, -0.1) is 0 Å². The first-order valence-corrected chi connectivity index (χ1v) is 11.4. The van der Waals surface area contributed by atoms with Crippen molar-refractivity contribution >= 4 is 21.8 Å². The Bertz CT molecular complexity index is 1040. The zero-order valence-corrected chi connectivity index (χ0v) is 17.7. The standard InChI is InChI=1S/C22H24FN3O4S/c23-19-9-11-21(12-10-19)25-13-15-26(16-14-25)31(29,30)17-20(24-22(27)28)8-4-7-18-5-2-1-3-6-18/h1-3,5-6,9-12,20,24H,7,13-17H2,(H,27,28). The second-order valence-corrected chi connectivity index (χ2v) is 9.14. The number of carbonyl (C=O) groups is 1. The van der Waals surface area contributed by atoms with E-state index in [-0.39, 0.29) is 18.9 Å². The van der Waals surface area contributed by atoms with Gasteiger partial charge in [-0.1, -0.05) is 42.2 Å². The Morgan fingerprint density at radius 2 is 1.71 bits per heavy atom. The van der Waals surface area contributed by atoms with Crippen LogP contribution in [0.25, 0.3) is 0 Å². The molecule has 0 bridgehead atoms. The molecule has 1 fully saturated rings. The normalized spacial score (nSPS) is 15.6. The van der Waals surface area contributed by atoms with Gasteiger partial charge in [0.15, 0.2) is 0 Å². The Balaban J connectivity index is 1.61. The highest BCUT2D eigenvalue weighted by molar-refractivity contribution is 7.89. The van der Waals surface area contributed by atoms with Crippen molar-refractivity contribution in [1.29, 1.82) is 0 Å². The van der Waals surface area contributed by atoms with Gasteiger partial charge in [-0.3, -0.25) is 0 Å². The number of nitrogens with one attached hydrogen (secondary N) is 1. The van der Waals surface area contributed by atoms with E-state index in [0.717, 1.165) is 11.3 Å². The number of carboxylic acid groups (broad SMARTS) is 1. The van der Waals surface area contributed by atoms with Crippen molar-refractivity contribution in [1.82, 2.24) is 9.62 Å². The van der Waals surface area contributed by atoms with Crippen LogP contribution in [0.2, 0.25) is 0 Å². The maximum atomic E-state index is 13.1. The number of amides is 1.